The van der Waals surface area contributed by atoms with Crippen molar-refractivity contribution < 1.29 is 9.53 Å². The van der Waals surface area contributed by atoms with Gasteiger partial charge in [-0.3, -0.25) is 9.79 Å². The number of amides is 1. The van der Waals surface area contributed by atoms with Crippen molar-refractivity contribution in [3.8, 4) is 0 Å². The maximum absolute atomic E-state index is 11.3. The molecule has 1 aliphatic heterocycles. The Morgan fingerprint density at radius 1 is 1.53 bits per heavy atom. The van der Waals surface area contributed by atoms with E-state index in [0.717, 1.165) is 31.6 Å². The molecule has 0 aromatic carbocycles. The fourth-order valence-corrected chi connectivity index (χ4v) is 1.38. The molecule has 0 aliphatic carbocycles. The molecular formula is C10H19N3O2. The summed E-state index contributed by atoms with van der Waals surface area (Å²) >= 11 is 0. The van der Waals surface area contributed by atoms with E-state index in [1.165, 1.54) is 0 Å². The van der Waals surface area contributed by atoms with Crippen molar-refractivity contribution in [2.75, 3.05) is 33.4 Å². The molecule has 0 unspecified atom stereocenters. The van der Waals surface area contributed by atoms with Gasteiger partial charge in [0.1, 0.15) is 0 Å². The third-order valence-electron chi connectivity index (χ3n) is 2.21. The first-order chi connectivity index (χ1) is 7.33. The molecule has 0 atom stereocenters. The highest BCUT2D eigenvalue weighted by atomic mass is 16.5. The minimum atomic E-state index is -0.0136. The molecule has 0 radical (unpaired) electrons. The summed E-state index contributed by atoms with van der Waals surface area (Å²) in [6.07, 6.45) is 3.29. The monoisotopic (exact) mass is 213 g/mol. The molecule has 1 rings (SSSR count). The van der Waals surface area contributed by atoms with E-state index >= 15 is 0 Å². The zero-order valence-corrected chi connectivity index (χ0v) is 9.21. The molecule has 2 N–H and O–H groups in total. The van der Waals surface area contributed by atoms with Crippen LogP contribution in [0, 0.1) is 0 Å². The van der Waals surface area contributed by atoms with Gasteiger partial charge in [-0.1, -0.05) is 0 Å². The van der Waals surface area contributed by atoms with Crippen molar-refractivity contribution in [2.24, 2.45) is 4.99 Å². The van der Waals surface area contributed by atoms with Gasteiger partial charge in [-0.25, -0.2) is 0 Å². The Morgan fingerprint density at radius 2 is 2.40 bits per heavy atom. The Bertz CT molecular complexity index is 229. The van der Waals surface area contributed by atoms with Gasteiger partial charge in [-0.15, -0.1) is 0 Å². The Balaban J connectivity index is 2.07. The number of nitrogens with zero attached hydrogens (tertiary/aromatic N) is 1. The van der Waals surface area contributed by atoms with Gasteiger partial charge in [0.15, 0.2) is 0 Å². The van der Waals surface area contributed by atoms with Crippen LogP contribution in [-0.4, -0.2) is 45.1 Å². The summed E-state index contributed by atoms with van der Waals surface area (Å²) in [6.45, 7) is 2.30. The maximum Gasteiger partial charge on any atom is 0.239 e. The SMILES string of the molecule is COCCNC(=O)CNC1=NCCCC1. The van der Waals surface area contributed by atoms with Crippen LogP contribution < -0.4 is 10.6 Å². The van der Waals surface area contributed by atoms with Gasteiger partial charge in [-0.05, 0) is 12.8 Å². The average Bonchev–Trinajstić information content (AvgIpc) is 2.28. The zero-order valence-electron chi connectivity index (χ0n) is 9.21. The summed E-state index contributed by atoms with van der Waals surface area (Å²) < 4.78 is 4.83. The lowest BCUT2D eigenvalue weighted by Gasteiger charge is -2.13. The van der Waals surface area contributed by atoms with Gasteiger partial charge >= 0.3 is 0 Å². The lowest BCUT2D eigenvalue weighted by atomic mass is 10.2. The molecule has 5 heteroatoms. The molecule has 86 valence electrons. The van der Waals surface area contributed by atoms with Crippen LogP contribution in [0.25, 0.3) is 0 Å². The van der Waals surface area contributed by atoms with Gasteiger partial charge in [0, 0.05) is 26.6 Å². The Kier molecular flexibility index (Phi) is 5.77. The molecule has 1 heterocycles. The number of carbonyl (C=O) groups is 1. The number of nitrogens with one attached hydrogen (secondary N) is 2. The van der Waals surface area contributed by atoms with Crippen LogP contribution in [0.4, 0.5) is 0 Å². The van der Waals surface area contributed by atoms with Crippen LogP contribution >= 0.6 is 0 Å². The number of amidine groups is 1. The van der Waals surface area contributed by atoms with E-state index in [-0.39, 0.29) is 5.91 Å². The topological polar surface area (TPSA) is 62.7 Å². The van der Waals surface area contributed by atoms with E-state index in [4.69, 9.17) is 4.74 Å². The van der Waals surface area contributed by atoms with E-state index in [0.29, 0.717) is 19.7 Å². The smallest absolute Gasteiger partial charge is 0.239 e. The largest absolute Gasteiger partial charge is 0.383 e. The molecular weight excluding hydrogens is 194 g/mol. The predicted octanol–water partition coefficient (Wildman–Crippen LogP) is -0.0790. The highest BCUT2D eigenvalue weighted by Crippen LogP contribution is 2.03. The molecule has 0 aromatic rings. The first-order valence-corrected chi connectivity index (χ1v) is 5.36. The maximum atomic E-state index is 11.3. The molecule has 0 aromatic heterocycles. The predicted molar refractivity (Wildman–Crippen MR) is 59.0 cm³/mol. The van der Waals surface area contributed by atoms with Crippen molar-refractivity contribution in [1.82, 2.24) is 10.6 Å². The number of aliphatic imine (C=N–C) groups is 1. The van der Waals surface area contributed by atoms with E-state index in [2.05, 4.69) is 15.6 Å². The first kappa shape index (κ1) is 12.0. The van der Waals surface area contributed by atoms with Gasteiger partial charge in [-0.2, -0.15) is 0 Å². The molecule has 5 nitrogen and oxygen atoms in total. The van der Waals surface area contributed by atoms with Gasteiger partial charge in [0.25, 0.3) is 0 Å². The standard InChI is InChI=1S/C10H19N3O2/c1-15-7-6-12-10(14)8-13-9-4-2-3-5-11-9/h2-8H2,1H3,(H,11,13)(H,12,14). The molecule has 15 heavy (non-hydrogen) atoms. The van der Waals surface area contributed by atoms with E-state index in [1.807, 2.05) is 0 Å². The van der Waals surface area contributed by atoms with Gasteiger partial charge in [0.05, 0.1) is 19.0 Å². The van der Waals surface area contributed by atoms with Crippen LogP contribution in [0.2, 0.25) is 0 Å². The third kappa shape index (κ3) is 5.37. The number of carbonyl (C=O) groups excluding carboxylic acids is 1. The number of methoxy groups -OCH3 is 1. The second-order valence-electron chi connectivity index (χ2n) is 3.48. The second-order valence-corrected chi connectivity index (χ2v) is 3.48. The van der Waals surface area contributed by atoms with Crippen LogP contribution in [-0.2, 0) is 9.53 Å². The molecule has 0 fully saturated rings. The molecule has 0 saturated carbocycles. The summed E-state index contributed by atoms with van der Waals surface area (Å²) in [4.78, 5) is 15.6. The second kappa shape index (κ2) is 7.23. The molecule has 0 bridgehead atoms. The van der Waals surface area contributed by atoms with E-state index in [1.54, 1.807) is 7.11 Å². The summed E-state index contributed by atoms with van der Waals surface area (Å²) in [7, 11) is 1.61. The fourth-order valence-electron chi connectivity index (χ4n) is 1.38. The molecule has 1 aliphatic rings. The van der Waals surface area contributed by atoms with Crippen LogP contribution in [0.15, 0.2) is 4.99 Å². The van der Waals surface area contributed by atoms with Crippen molar-refractivity contribution >= 4 is 11.7 Å². The molecule has 1 amide bonds. The Labute approximate surface area is 90.3 Å². The Morgan fingerprint density at radius 3 is 3.07 bits per heavy atom. The van der Waals surface area contributed by atoms with E-state index < -0.39 is 0 Å². The lowest BCUT2D eigenvalue weighted by molar-refractivity contribution is -0.120. The molecule has 0 saturated heterocycles. The van der Waals surface area contributed by atoms with Gasteiger partial charge < -0.3 is 15.4 Å². The average molecular weight is 213 g/mol. The van der Waals surface area contributed by atoms with Crippen molar-refractivity contribution in [1.29, 1.82) is 0 Å². The zero-order chi connectivity index (χ0) is 10.9. The number of hydrogen-bond acceptors (Lipinski definition) is 4. The number of rotatable bonds is 5. The lowest BCUT2D eigenvalue weighted by Crippen LogP contribution is -2.38. The van der Waals surface area contributed by atoms with Crippen LogP contribution in [0.5, 0.6) is 0 Å². The third-order valence-corrected chi connectivity index (χ3v) is 2.21. The number of hydrogen-bond donors (Lipinski definition) is 2. The van der Waals surface area contributed by atoms with Crippen LogP contribution in [0.3, 0.4) is 0 Å². The minimum absolute atomic E-state index is 0.0136. The normalized spacial score (nSPS) is 15.7. The first-order valence-electron chi connectivity index (χ1n) is 5.36. The van der Waals surface area contributed by atoms with Crippen molar-refractivity contribution in [2.45, 2.75) is 19.3 Å². The van der Waals surface area contributed by atoms with E-state index in [9.17, 15) is 4.79 Å². The van der Waals surface area contributed by atoms with Crippen molar-refractivity contribution in [3.05, 3.63) is 0 Å². The van der Waals surface area contributed by atoms with Crippen molar-refractivity contribution in [3.63, 3.8) is 0 Å². The Hall–Kier alpha value is -1.10. The summed E-state index contributed by atoms with van der Waals surface area (Å²) in [5.41, 5.74) is 0. The highest BCUT2D eigenvalue weighted by molar-refractivity contribution is 5.87. The summed E-state index contributed by atoms with van der Waals surface area (Å²) in [5.74, 6) is 0.948. The number of ether oxygens (including phenoxy) is 1. The summed E-state index contributed by atoms with van der Waals surface area (Å²) in [5, 5.41) is 5.79. The summed E-state index contributed by atoms with van der Waals surface area (Å²) in [6, 6.07) is 0. The van der Waals surface area contributed by atoms with Crippen LogP contribution in [0.1, 0.15) is 19.3 Å². The highest BCUT2D eigenvalue weighted by Gasteiger charge is 2.06. The van der Waals surface area contributed by atoms with Gasteiger partial charge in [0.2, 0.25) is 5.91 Å². The molecule has 0 spiro atoms. The fraction of sp³-hybridized carbons (Fsp3) is 0.800. The quantitative estimate of drug-likeness (QED) is 0.628. The minimum Gasteiger partial charge on any atom is -0.383 e.